The topological polar surface area (TPSA) is 125 Å². The van der Waals surface area contributed by atoms with Crippen LogP contribution in [-0.2, 0) is 4.74 Å². The summed E-state index contributed by atoms with van der Waals surface area (Å²) in [6.07, 6.45) is 7.36. The van der Waals surface area contributed by atoms with E-state index in [1.54, 1.807) is 6.07 Å². The number of nitriles is 1. The zero-order valence-electron chi connectivity index (χ0n) is 15.0. The summed E-state index contributed by atoms with van der Waals surface area (Å²) in [4.78, 5) is 24.4. The fourth-order valence-corrected chi connectivity index (χ4v) is 2.88. The molecule has 1 saturated heterocycles. The van der Waals surface area contributed by atoms with Crippen LogP contribution in [0.1, 0.15) is 35.3 Å². The van der Waals surface area contributed by atoms with Gasteiger partial charge in [-0.25, -0.2) is 19.7 Å². The molecule has 3 rings (SSSR count). The van der Waals surface area contributed by atoms with E-state index in [4.69, 9.17) is 10.00 Å². The van der Waals surface area contributed by atoms with Crippen molar-refractivity contribution in [2.75, 3.05) is 30.8 Å². The van der Waals surface area contributed by atoms with Gasteiger partial charge >= 0.3 is 5.97 Å². The molecule has 0 bridgehead atoms. The SMILES string of the molecule is COC(=O)c1cnc(Nc2cnc(C#N)cn2)cc1N[C@@H]1CCCNCC1. The van der Waals surface area contributed by atoms with Crippen LogP contribution in [0.5, 0.6) is 0 Å². The number of anilines is 3. The number of ether oxygens (including phenoxy) is 1. The second-order valence-corrected chi connectivity index (χ2v) is 6.15. The Morgan fingerprint density at radius 1 is 1.22 bits per heavy atom. The smallest absolute Gasteiger partial charge is 0.341 e. The molecule has 3 N–H and O–H groups in total. The van der Waals surface area contributed by atoms with Crippen LogP contribution in [0.3, 0.4) is 0 Å². The lowest BCUT2D eigenvalue weighted by Gasteiger charge is -2.20. The summed E-state index contributed by atoms with van der Waals surface area (Å²) >= 11 is 0. The Labute approximate surface area is 157 Å². The Bertz CT molecular complexity index is 825. The highest BCUT2D eigenvalue weighted by molar-refractivity contribution is 5.95. The molecule has 0 unspecified atom stereocenters. The number of nitrogens with zero attached hydrogens (tertiary/aromatic N) is 4. The average Bonchev–Trinajstić information content (AvgIpc) is 2.97. The lowest BCUT2D eigenvalue weighted by atomic mass is 10.1. The minimum Gasteiger partial charge on any atom is -0.465 e. The van der Waals surface area contributed by atoms with Crippen molar-refractivity contribution in [2.24, 2.45) is 0 Å². The molecule has 1 aliphatic heterocycles. The molecule has 0 amide bonds. The normalized spacial score (nSPS) is 16.7. The van der Waals surface area contributed by atoms with Crippen molar-refractivity contribution >= 4 is 23.3 Å². The van der Waals surface area contributed by atoms with Crippen LogP contribution < -0.4 is 16.0 Å². The summed E-state index contributed by atoms with van der Waals surface area (Å²) in [6.45, 7) is 1.94. The molecule has 1 fully saturated rings. The van der Waals surface area contributed by atoms with Crippen molar-refractivity contribution in [2.45, 2.75) is 25.3 Å². The maximum absolute atomic E-state index is 12.1. The number of carbonyl (C=O) groups is 1. The van der Waals surface area contributed by atoms with E-state index < -0.39 is 5.97 Å². The number of hydrogen-bond acceptors (Lipinski definition) is 9. The van der Waals surface area contributed by atoms with Gasteiger partial charge in [0.05, 0.1) is 25.2 Å². The maximum Gasteiger partial charge on any atom is 0.341 e. The van der Waals surface area contributed by atoms with Crippen molar-refractivity contribution in [3.05, 3.63) is 35.9 Å². The lowest BCUT2D eigenvalue weighted by molar-refractivity contribution is 0.0601. The fourth-order valence-electron chi connectivity index (χ4n) is 2.88. The maximum atomic E-state index is 12.1. The molecule has 9 nitrogen and oxygen atoms in total. The van der Waals surface area contributed by atoms with E-state index in [1.165, 1.54) is 25.7 Å². The van der Waals surface area contributed by atoms with Crippen molar-refractivity contribution < 1.29 is 9.53 Å². The first-order valence-electron chi connectivity index (χ1n) is 8.74. The van der Waals surface area contributed by atoms with Gasteiger partial charge in [-0.1, -0.05) is 0 Å². The molecule has 9 heteroatoms. The van der Waals surface area contributed by atoms with Crippen LogP contribution in [-0.4, -0.2) is 47.2 Å². The van der Waals surface area contributed by atoms with Gasteiger partial charge in [0.1, 0.15) is 23.3 Å². The molecule has 140 valence electrons. The molecular formula is C18H21N7O2. The van der Waals surface area contributed by atoms with E-state index in [0.29, 0.717) is 22.9 Å². The van der Waals surface area contributed by atoms with Gasteiger partial charge in [-0.05, 0) is 32.4 Å². The average molecular weight is 367 g/mol. The van der Waals surface area contributed by atoms with E-state index in [-0.39, 0.29) is 11.7 Å². The molecule has 2 aromatic rings. The van der Waals surface area contributed by atoms with Crippen LogP contribution >= 0.6 is 0 Å². The second kappa shape index (κ2) is 8.91. The zero-order valence-corrected chi connectivity index (χ0v) is 15.0. The number of esters is 1. The summed E-state index contributed by atoms with van der Waals surface area (Å²) in [6, 6.07) is 3.93. The molecule has 0 aliphatic carbocycles. The standard InChI is InChI=1S/C18H21N7O2/c1-27-18(26)14-10-23-16(25-17-11-21-13(8-19)9-22-17)7-15(14)24-12-3-2-5-20-6-4-12/h7,9-12,20H,2-6H2,1H3,(H2,22,23,24,25)/t12-/m1/s1. The first-order chi connectivity index (χ1) is 13.2. The van der Waals surface area contributed by atoms with Crippen LogP contribution in [0.25, 0.3) is 0 Å². The van der Waals surface area contributed by atoms with Gasteiger partial charge in [0.2, 0.25) is 0 Å². The summed E-state index contributed by atoms with van der Waals surface area (Å²) in [7, 11) is 1.35. The number of nitrogens with one attached hydrogen (secondary N) is 3. The highest BCUT2D eigenvalue weighted by Crippen LogP contribution is 2.24. The molecule has 1 atom stereocenters. The van der Waals surface area contributed by atoms with Gasteiger partial charge in [-0.2, -0.15) is 5.26 Å². The van der Waals surface area contributed by atoms with Crippen molar-refractivity contribution in [3.8, 4) is 6.07 Å². The highest BCUT2D eigenvalue weighted by Gasteiger charge is 2.18. The van der Waals surface area contributed by atoms with Crippen LogP contribution in [0, 0.1) is 11.3 Å². The van der Waals surface area contributed by atoms with Gasteiger partial charge in [0.25, 0.3) is 0 Å². The second-order valence-electron chi connectivity index (χ2n) is 6.15. The molecule has 0 radical (unpaired) electrons. The number of rotatable bonds is 5. The van der Waals surface area contributed by atoms with Crippen LogP contribution in [0.15, 0.2) is 24.7 Å². The van der Waals surface area contributed by atoms with E-state index in [0.717, 1.165) is 32.4 Å². The third-order valence-corrected chi connectivity index (χ3v) is 4.27. The van der Waals surface area contributed by atoms with Crippen molar-refractivity contribution in [1.29, 1.82) is 5.26 Å². The molecular weight excluding hydrogens is 346 g/mol. The van der Waals surface area contributed by atoms with Crippen LogP contribution in [0.2, 0.25) is 0 Å². The Kier molecular flexibility index (Phi) is 6.12. The third kappa shape index (κ3) is 4.89. The Balaban J connectivity index is 1.82. The van der Waals surface area contributed by atoms with Crippen molar-refractivity contribution in [3.63, 3.8) is 0 Å². The van der Waals surface area contributed by atoms with E-state index >= 15 is 0 Å². The van der Waals surface area contributed by atoms with Gasteiger partial charge in [-0.15, -0.1) is 0 Å². The number of aromatic nitrogens is 3. The number of hydrogen-bond donors (Lipinski definition) is 3. The first-order valence-corrected chi connectivity index (χ1v) is 8.74. The largest absolute Gasteiger partial charge is 0.465 e. The van der Waals surface area contributed by atoms with Gasteiger partial charge in [0.15, 0.2) is 5.69 Å². The predicted molar refractivity (Wildman–Crippen MR) is 99.7 cm³/mol. The summed E-state index contributed by atoms with van der Waals surface area (Å²) < 4.78 is 4.87. The summed E-state index contributed by atoms with van der Waals surface area (Å²) in [5.74, 6) is 0.523. The first kappa shape index (κ1) is 18.5. The van der Waals surface area contributed by atoms with E-state index in [1.807, 2.05) is 6.07 Å². The molecule has 0 aromatic carbocycles. The Morgan fingerprint density at radius 3 is 2.81 bits per heavy atom. The number of methoxy groups -OCH3 is 1. The molecule has 1 aliphatic rings. The van der Waals surface area contributed by atoms with Gasteiger partial charge in [-0.3, -0.25) is 0 Å². The van der Waals surface area contributed by atoms with Crippen LogP contribution in [0.4, 0.5) is 17.3 Å². The Morgan fingerprint density at radius 2 is 2.07 bits per heavy atom. The van der Waals surface area contributed by atoms with Gasteiger partial charge < -0.3 is 20.7 Å². The minimum absolute atomic E-state index is 0.235. The predicted octanol–water partition coefficient (Wildman–Crippen LogP) is 1.83. The minimum atomic E-state index is -0.443. The van der Waals surface area contributed by atoms with Gasteiger partial charge in [0, 0.05) is 18.3 Å². The molecule has 3 heterocycles. The molecule has 0 spiro atoms. The lowest BCUT2D eigenvalue weighted by Crippen LogP contribution is -2.23. The number of carbonyl (C=O) groups excluding carboxylic acids is 1. The summed E-state index contributed by atoms with van der Waals surface area (Å²) in [5.41, 5.74) is 1.28. The highest BCUT2D eigenvalue weighted by atomic mass is 16.5. The zero-order chi connectivity index (χ0) is 19.1. The molecule has 2 aromatic heterocycles. The monoisotopic (exact) mass is 367 g/mol. The molecule has 0 saturated carbocycles. The quantitative estimate of drug-likeness (QED) is 0.679. The number of pyridine rings is 1. The summed E-state index contributed by atoms with van der Waals surface area (Å²) in [5, 5.41) is 18.6. The van der Waals surface area contributed by atoms with E-state index in [9.17, 15) is 4.79 Å². The Hall–Kier alpha value is -3.25. The fraction of sp³-hybridized carbons (Fsp3) is 0.389. The third-order valence-electron chi connectivity index (χ3n) is 4.27. The van der Waals surface area contributed by atoms with Crippen molar-refractivity contribution in [1.82, 2.24) is 20.3 Å². The van der Waals surface area contributed by atoms with E-state index in [2.05, 4.69) is 30.9 Å². The molecule has 27 heavy (non-hydrogen) atoms.